The molecule has 6 heteroatoms. The second-order valence-corrected chi connectivity index (χ2v) is 7.73. The highest BCUT2D eigenvalue weighted by Gasteiger charge is 2.17. The van der Waals surface area contributed by atoms with E-state index in [2.05, 4.69) is 68.5 Å². The van der Waals surface area contributed by atoms with Gasteiger partial charge in [-0.15, -0.1) is 0 Å². The largest absolute Gasteiger partial charge is 0.347 e. The Morgan fingerprint density at radius 1 is 0.742 bits per heavy atom. The lowest BCUT2D eigenvalue weighted by Gasteiger charge is -2.24. The lowest BCUT2D eigenvalue weighted by Crippen LogP contribution is -2.23. The number of benzene rings is 3. The van der Waals surface area contributed by atoms with E-state index >= 15 is 0 Å². The second-order valence-electron chi connectivity index (χ2n) is 7.29. The van der Waals surface area contributed by atoms with Gasteiger partial charge in [0.2, 0.25) is 0 Å². The van der Waals surface area contributed by atoms with Gasteiger partial charge in [-0.05, 0) is 35.4 Å². The highest BCUT2D eigenvalue weighted by Crippen LogP contribution is 2.27. The van der Waals surface area contributed by atoms with Crippen molar-refractivity contribution in [2.45, 2.75) is 13.1 Å². The van der Waals surface area contributed by atoms with Crippen molar-refractivity contribution in [3.05, 3.63) is 114 Å². The molecule has 0 N–H and O–H groups in total. The Labute approximate surface area is 185 Å². The summed E-state index contributed by atoms with van der Waals surface area (Å²) < 4.78 is 1.82. The maximum Gasteiger partial charge on any atom is 0.168 e. The van der Waals surface area contributed by atoms with E-state index in [0.717, 1.165) is 35.6 Å². The number of nitrogens with zero attached hydrogens (tertiary/aromatic N) is 5. The molecule has 0 spiro atoms. The Morgan fingerprint density at radius 2 is 1.35 bits per heavy atom. The fourth-order valence-corrected chi connectivity index (χ4v) is 3.79. The molecule has 31 heavy (non-hydrogen) atoms. The molecule has 0 bridgehead atoms. The maximum absolute atomic E-state index is 6.05. The number of aromatic nitrogens is 4. The molecule has 0 aliphatic rings. The minimum atomic E-state index is 0.687. The first-order chi connectivity index (χ1) is 15.3. The van der Waals surface area contributed by atoms with Crippen molar-refractivity contribution in [2.75, 3.05) is 4.90 Å². The van der Waals surface area contributed by atoms with Gasteiger partial charge >= 0.3 is 0 Å². The van der Waals surface area contributed by atoms with Crippen LogP contribution in [0.2, 0.25) is 5.02 Å². The topological polar surface area (TPSA) is 46.8 Å². The average molecular weight is 426 g/mol. The first-order valence-electron chi connectivity index (χ1n) is 10.1. The molecule has 0 saturated heterocycles. The molecule has 0 aliphatic carbocycles. The Kier molecular flexibility index (Phi) is 5.33. The van der Waals surface area contributed by atoms with Crippen LogP contribution in [0, 0.1) is 0 Å². The van der Waals surface area contributed by atoms with Crippen LogP contribution in [0.3, 0.4) is 0 Å². The van der Waals surface area contributed by atoms with E-state index in [4.69, 9.17) is 11.6 Å². The number of hydrogen-bond acceptors (Lipinski definition) is 4. The highest BCUT2D eigenvalue weighted by molar-refractivity contribution is 6.30. The number of hydrogen-bond donors (Lipinski definition) is 0. The van der Waals surface area contributed by atoms with Crippen LogP contribution in [0.25, 0.3) is 16.7 Å². The van der Waals surface area contributed by atoms with Gasteiger partial charge in [0.05, 0.1) is 17.3 Å². The zero-order chi connectivity index (χ0) is 21.0. The minimum Gasteiger partial charge on any atom is -0.347 e. The van der Waals surface area contributed by atoms with Gasteiger partial charge in [-0.2, -0.15) is 5.10 Å². The molecule has 0 atom stereocenters. The summed E-state index contributed by atoms with van der Waals surface area (Å²) in [6, 6.07) is 28.4. The van der Waals surface area contributed by atoms with Gasteiger partial charge < -0.3 is 4.90 Å². The van der Waals surface area contributed by atoms with Gasteiger partial charge in [0.25, 0.3) is 0 Å². The Balaban J connectivity index is 1.58. The summed E-state index contributed by atoms with van der Waals surface area (Å²) in [6.07, 6.45) is 3.44. The van der Waals surface area contributed by atoms with Crippen molar-refractivity contribution >= 4 is 28.5 Å². The molecule has 5 nitrogen and oxygen atoms in total. The lowest BCUT2D eigenvalue weighted by atomic mass is 10.1. The number of halogens is 1. The Bertz CT molecular complexity index is 1240. The first-order valence-corrected chi connectivity index (χ1v) is 10.4. The van der Waals surface area contributed by atoms with Gasteiger partial charge in [-0.1, -0.05) is 72.3 Å². The number of fused-ring (bicyclic) bond motifs is 1. The second kappa shape index (κ2) is 8.58. The standard InChI is InChI=1S/C25H20ClN5/c26-21-11-13-22(14-12-21)31-25-23(15-29-31)24(27-18-28-25)30(16-19-7-3-1-4-8-19)17-20-9-5-2-6-10-20/h1-15,18H,16-17H2. The summed E-state index contributed by atoms with van der Waals surface area (Å²) in [4.78, 5) is 11.5. The van der Waals surface area contributed by atoms with E-state index in [1.54, 1.807) is 6.33 Å². The van der Waals surface area contributed by atoms with Crippen LogP contribution in [0.15, 0.2) is 97.5 Å². The molecule has 5 rings (SSSR count). The van der Waals surface area contributed by atoms with Crippen LogP contribution in [0.4, 0.5) is 5.82 Å². The van der Waals surface area contributed by atoms with E-state index in [1.807, 2.05) is 47.3 Å². The van der Waals surface area contributed by atoms with Crippen molar-refractivity contribution in [1.82, 2.24) is 19.7 Å². The van der Waals surface area contributed by atoms with E-state index in [-0.39, 0.29) is 0 Å². The van der Waals surface area contributed by atoms with Crippen LogP contribution >= 0.6 is 11.6 Å². The molecule has 5 aromatic rings. The number of anilines is 1. The summed E-state index contributed by atoms with van der Waals surface area (Å²) in [7, 11) is 0. The van der Waals surface area contributed by atoms with E-state index in [1.165, 1.54) is 11.1 Å². The molecular formula is C25H20ClN5. The third-order valence-corrected chi connectivity index (χ3v) is 5.40. The molecular weight excluding hydrogens is 406 g/mol. The third-order valence-electron chi connectivity index (χ3n) is 5.15. The summed E-state index contributed by atoms with van der Waals surface area (Å²) in [5, 5.41) is 6.19. The quantitative estimate of drug-likeness (QED) is 0.351. The zero-order valence-corrected chi connectivity index (χ0v) is 17.5. The molecule has 0 aliphatic heterocycles. The summed E-state index contributed by atoms with van der Waals surface area (Å²) in [5.41, 5.74) is 4.10. The van der Waals surface area contributed by atoms with Gasteiger partial charge in [0.1, 0.15) is 12.1 Å². The van der Waals surface area contributed by atoms with Gasteiger partial charge in [0.15, 0.2) is 5.65 Å². The average Bonchev–Trinajstić information content (AvgIpc) is 3.25. The van der Waals surface area contributed by atoms with Crippen molar-refractivity contribution < 1.29 is 0 Å². The van der Waals surface area contributed by atoms with Crippen molar-refractivity contribution in [2.24, 2.45) is 0 Å². The molecule has 0 unspecified atom stereocenters. The monoisotopic (exact) mass is 425 g/mol. The van der Waals surface area contributed by atoms with Crippen molar-refractivity contribution in [3.63, 3.8) is 0 Å². The molecule has 152 valence electrons. The number of rotatable bonds is 6. The molecule has 0 saturated carbocycles. The lowest BCUT2D eigenvalue weighted by molar-refractivity contribution is 0.786. The van der Waals surface area contributed by atoms with Gasteiger partial charge in [0, 0.05) is 18.1 Å². The molecule has 3 aromatic carbocycles. The molecule has 0 radical (unpaired) electrons. The fourth-order valence-electron chi connectivity index (χ4n) is 3.67. The van der Waals surface area contributed by atoms with E-state index in [9.17, 15) is 0 Å². The highest BCUT2D eigenvalue weighted by atomic mass is 35.5. The van der Waals surface area contributed by atoms with Crippen LogP contribution in [-0.4, -0.2) is 19.7 Å². The third kappa shape index (κ3) is 4.13. The van der Waals surface area contributed by atoms with Crippen molar-refractivity contribution in [1.29, 1.82) is 0 Å². The summed E-state index contributed by atoms with van der Waals surface area (Å²) in [5.74, 6) is 0.859. The normalized spacial score (nSPS) is 11.0. The zero-order valence-electron chi connectivity index (χ0n) is 16.8. The van der Waals surface area contributed by atoms with Crippen LogP contribution in [0.1, 0.15) is 11.1 Å². The smallest absolute Gasteiger partial charge is 0.168 e. The van der Waals surface area contributed by atoms with E-state index in [0.29, 0.717) is 5.02 Å². The van der Waals surface area contributed by atoms with Crippen LogP contribution < -0.4 is 4.90 Å². The van der Waals surface area contributed by atoms with Crippen molar-refractivity contribution in [3.8, 4) is 5.69 Å². The molecule has 0 amide bonds. The van der Waals surface area contributed by atoms with Gasteiger partial charge in [-0.3, -0.25) is 0 Å². The molecule has 0 fully saturated rings. The predicted molar refractivity (Wildman–Crippen MR) is 124 cm³/mol. The Hall–Kier alpha value is -3.70. The fraction of sp³-hybridized carbons (Fsp3) is 0.0800. The van der Waals surface area contributed by atoms with Crippen LogP contribution in [-0.2, 0) is 13.1 Å². The molecule has 2 heterocycles. The SMILES string of the molecule is Clc1ccc(-n2ncc3c(N(Cc4ccccc4)Cc4ccccc4)ncnc32)cc1. The van der Waals surface area contributed by atoms with Crippen LogP contribution in [0.5, 0.6) is 0 Å². The predicted octanol–water partition coefficient (Wildman–Crippen LogP) is 5.68. The summed E-state index contributed by atoms with van der Waals surface area (Å²) in [6.45, 7) is 1.46. The Morgan fingerprint density at radius 3 is 1.97 bits per heavy atom. The van der Waals surface area contributed by atoms with E-state index < -0.39 is 0 Å². The minimum absolute atomic E-state index is 0.687. The maximum atomic E-state index is 6.05. The summed E-state index contributed by atoms with van der Waals surface area (Å²) >= 11 is 6.05. The first kappa shape index (κ1) is 19.3. The van der Waals surface area contributed by atoms with Gasteiger partial charge in [-0.25, -0.2) is 14.6 Å². The molecule has 2 aromatic heterocycles.